The molecule has 1 heterocycles. The number of aromatic nitrogens is 1. The summed E-state index contributed by atoms with van der Waals surface area (Å²) < 4.78 is 0. The molecule has 84 valence electrons. The highest BCUT2D eigenvalue weighted by molar-refractivity contribution is 5.75. The van der Waals surface area contributed by atoms with Crippen LogP contribution in [0.4, 0.5) is 0 Å². The summed E-state index contributed by atoms with van der Waals surface area (Å²) in [5.74, 6) is 0.0446. The first kappa shape index (κ1) is 11.8. The second-order valence-corrected chi connectivity index (χ2v) is 4.46. The van der Waals surface area contributed by atoms with Crippen molar-refractivity contribution in [1.29, 1.82) is 0 Å². The first-order valence-corrected chi connectivity index (χ1v) is 5.15. The Bertz CT molecular complexity index is 298. The van der Waals surface area contributed by atoms with Crippen LogP contribution in [0.3, 0.4) is 0 Å². The summed E-state index contributed by atoms with van der Waals surface area (Å²) in [6.07, 6.45) is 3.01. The minimum Gasteiger partial charge on any atom is -0.364 e. The van der Waals surface area contributed by atoms with E-state index in [1.165, 1.54) is 0 Å². The third kappa shape index (κ3) is 5.22. The van der Waals surface area contributed by atoms with E-state index in [1.807, 2.05) is 32.2 Å². The van der Waals surface area contributed by atoms with Gasteiger partial charge in [-0.15, -0.1) is 0 Å². The smallest absolute Gasteiger partial charge is 0.220 e. The number of nitrogens with two attached hydrogens (primary N) is 1. The summed E-state index contributed by atoms with van der Waals surface area (Å²) >= 11 is 0. The van der Waals surface area contributed by atoms with Crippen molar-refractivity contribution in [2.45, 2.75) is 38.8 Å². The maximum atomic E-state index is 11.4. The molecule has 0 unspecified atom stereocenters. The number of hydrogen-bond acceptors (Lipinski definition) is 2. The van der Waals surface area contributed by atoms with E-state index in [1.54, 1.807) is 0 Å². The standard InChI is InChI=1S/C11H19N3O/c1-11(2,12)6-5-10(15)14-8-9-4-3-7-13-9/h3-4,7,13H,5-6,8,12H2,1-2H3,(H,14,15). The average molecular weight is 209 g/mol. The zero-order valence-corrected chi connectivity index (χ0v) is 9.34. The van der Waals surface area contributed by atoms with E-state index < -0.39 is 0 Å². The second-order valence-electron chi connectivity index (χ2n) is 4.46. The highest BCUT2D eigenvalue weighted by Gasteiger charge is 2.12. The maximum absolute atomic E-state index is 11.4. The number of nitrogens with one attached hydrogen (secondary N) is 2. The zero-order valence-electron chi connectivity index (χ0n) is 9.34. The van der Waals surface area contributed by atoms with E-state index in [0.29, 0.717) is 19.4 Å². The fourth-order valence-electron chi connectivity index (χ4n) is 1.20. The molecule has 0 aliphatic carbocycles. The summed E-state index contributed by atoms with van der Waals surface area (Å²) in [5, 5.41) is 2.83. The van der Waals surface area contributed by atoms with Crippen molar-refractivity contribution in [2.24, 2.45) is 5.73 Å². The minimum atomic E-state index is -0.274. The van der Waals surface area contributed by atoms with Crippen LogP contribution in [0.15, 0.2) is 18.3 Å². The molecule has 0 bridgehead atoms. The monoisotopic (exact) mass is 209 g/mol. The normalized spacial score (nSPS) is 11.4. The summed E-state index contributed by atoms with van der Waals surface area (Å²) in [6.45, 7) is 4.40. The lowest BCUT2D eigenvalue weighted by Crippen LogP contribution is -2.34. The first-order chi connectivity index (χ1) is 6.97. The SMILES string of the molecule is CC(C)(N)CCC(=O)NCc1ccc[nH]1. The Hall–Kier alpha value is -1.29. The van der Waals surface area contributed by atoms with Crippen molar-refractivity contribution in [1.82, 2.24) is 10.3 Å². The van der Waals surface area contributed by atoms with Gasteiger partial charge in [-0.3, -0.25) is 4.79 Å². The Morgan fingerprint density at radius 2 is 2.33 bits per heavy atom. The van der Waals surface area contributed by atoms with Gasteiger partial charge in [0.15, 0.2) is 0 Å². The predicted molar refractivity (Wildman–Crippen MR) is 60.1 cm³/mol. The fraction of sp³-hybridized carbons (Fsp3) is 0.545. The third-order valence-corrected chi connectivity index (χ3v) is 2.13. The van der Waals surface area contributed by atoms with Crippen molar-refractivity contribution in [2.75, 3.05) is 0 Å². The van der Waals surface area contributed by atoms with Gasteiger partial charge in [-0.1, -0.05) is 0 Å². The van der Waals surface area contributed by atoms with E-state index in [-0.39, 0.29) is 11.4 Å². The number of amides is 1. The number of aromatic amines is 1. The fourth-order valence-corrected chi connectivity index (χ4v) is 1.20. The Balaban J connectivity index is 2.20. The molecule has 1 amide bonds. The van der Waals surface area contributed by atoms with E-state index in [9.17, 15) is 4.79 Å². The minimum absolute atomic E-state index is 0.0446. The molecular weight excluding hydrogens is 190 g/mol. The number of hydrogen-bond donors (Lipinski definition) is 3. The molecule has 0 aliphatic heterocycles. The van der Waals surface area contributed by atoms with Gasteiger partial charge >= 0.3 is 0 Å². The molecule has 0 saturated carbocycles. The average Bonchev–Trinajstić information content (AvgIpc) is 2.62. The van der Waals surface area contributed by atoms with Crippen LogP contribution in [0.5, 0.6) is 0 Å². The van der Waals surface area contributed by atoms with Crippen LogP contribution in [-0.4, -0.2) is 16.4 Å². The van der Waals surface area contributed by atoms with Crippen molar-refractivity contribution in [3.05, 3.63) is 24.0 Å². The largest absolute Gasteiger partial charge is 0.364 e. The molecule has 0 aromatic carbocycles. The molecule has 0 fully saturated rings. The maximum Gasteiger partial charge on any atom is 0.220 e. The number of rotatable bonds is 5. The zero-order chi connectivity index (χ0) is 11.3. The number of H-pyrrole nitrogens is 1. The van der Waals surface area contributed by atoms with Crippen LogP contribution < -0.4 is 11.1 Å². The molecule has 0 radical (unpaired) electrons. The van der Waals surface area contributed by atoms with Gasteiger partial charge in [-0.05, 0) is 32.4 Å². The molecule has 0 spiro atoms. The molecule has 1 rings (SSSR count). The summed E-state index contributed by atoms with van der Waals surface area (Å²) in [6, 6.07) is 3.84. The molecule has 0 saturated heterocycles. The van der Waals surface area contributed by atoms with Crippen molar-refractivity contribution >= 4 is 5.91 Å². The predicted octanol–water partition coefficient (Wildman–Crippen LogP) is 1.15. The van der Waals surface area contributed by atoms with Gasteiger partial charge in [0.1, 0.15) is 0 Å². The quantitative estimate of drug-likeness (QED) is 0.680. The van der Waals surface area contributed by atoms with E-state index >= 15 is 0 Å². The van der Waals surface area contributed by atoms with Crippen molar-refractivity contribution in [3.8, 4) is 0 Å². The summed E-state index contributed by atoms with van der Waals surface area (Å²) in [7, 11) is 0. The molecular formula is C11H19N3O. The third-order valence-electron chi connectivity index (χ3n) is 2.13. The Morgan fingerprint density at radius 3 is 2.87 bits per heavy atom. The van der Waals surface area contributed by atoms with Crippen molar-refractivity contribution in [3.63, 3.8) is 0 Å². The van der Waals surface area contributed by atoms with E-state index in [0.717, 1.165) is 5.69 Å². The van der Waals surface area contributed by atoms with Crippen LogP contribution in [0, 0.1) is 0 Å². The van der Waals surface area contributed by atoms with E-state index in [4.69, 9.17) is 5.73 Å². The Kier molecular flexibility index (Phi) is 3.91. The molecule has 0 aliphatic rings. The highest BCUT2D eigenvalue weighted by Crippen LogP contribution is 2.06. The second kappa shape index (κ2) is 4.98. The van der Waals surface area contributed by atoms with Gasteiger partial charge in [0.2, 0.25) is 5.91 Å². The van der Waals surface area contributed by atoms with Crippen LogP contribution in [0.1, 0.15) is 32.4 Å². The van der Waals surface area contributed by atoms with Gasteiger partial charge in [0.25, 0.3) is 0 Å². The molecule has 15 heavy (non-hydrogen) atoms. The van der Waals surface area contributed by atoms with Gasteiger partial charge < -0.3 is 16.0 Å². The van der Waals surface area contributed by atoms with Crippen LogP contribution >= 0.6 is 0 Å². The highest BCUT2D eigenvalue weighted by atomic mass is 16.1. The summed E-state index contributed by atoms with van der Waals surface area (Å²) in [4.78, 5) is 14.4. The molecule has 0 atom stereocenters. The Labute approximate surface area is 90.2 Å². The van der Waals surface area contributed by atoms with Crippen LogP contribution in [0.25, 0.3) is 0 Å². The molecule has 4 N–H and O–H groups in total. The molecule has 1 aromatic rings. The van der Waals surface area contributed by atoms with Crippen molar-refractivity contribution < 1.29 is 4.79 Å². The van der Waals surface area contributed by atoms with Crippen LogP contribution in [-0.2, 0) is 11.3 Å². The number of carbonyl (C=O) groups is 1. The molecule has 4 nitrogen and oxygen atoms in total. The Morgan fingerprint density at radius 1 is 1.60 bits per heavy atom. The van der Waals surface area contributed by atoms with Gasteiger partial charge in [0, 0.05) is 23.9 Å². The van der Waals surface area contributed by atoms with Gasteiger partial charge in [-0.25, -0.2) is 0 Å². The molecule has 4 heteroatoms. The van der Waals surface area contributed by atoms with E-state index in [2.05, 4.69) is 10.3 Å². The van der Waals surface area contributed by atoms with Crippen LogP contribution in [0.2, 0.25) is 0 Å². The van der Waals surface area contributed by atoms with Gasteiger partial charge in [-0.2, -0.15) is 0 Å². The summed E-state index contributed by atoms with van der Waals surface area (Å²) in [5.41, 5.74) is 6.52. The van der Waals surface area contributed by atoms with Gasteiger partial charge in [0.05, 0.1) is 6.54 Å². The lowest BCUT2D eigenvalue weighted by Gasteiger charge is -2.17. The molecule has 1 aromatic heterocycles. The first-order valence-electron chi connectivity index (χ1n) is 5.15. The lowest BCUT2D eigenvalue weighted by molar-refractivity contribution is -0.121. The number of carbonyl (C=O) groups excluding carboxylic acids is 1. The lowest BCUT2D eigenvalue weighted by atomic mass is 10.00. The topological polar surface area (TPSA) is 70.9 Å².